The minimum Gasteiger partial charge on any atom is -0.358 e. The molecule has 0 aliphatic heterocycles. The molecule has 0 heterocycles. The molecule has 0 aromatic carbocycles. The Morgan fingerprint density at radius 2 is 1.23 bits per heavy atom. The van der Waals surface area contributed by atoms with Crippen molar-refractivity contribution in [3.8, 4) is 0 Å². The van der Waals surface area contributed by atoms with Crippen LogP contribution in [0.1, 0.15) is 12.8 Å². The molecule has 0 saturated heterocycles. The monoisotopic (exact) mass is 361 g/mol. The van der Waals surface area contributed by atoms with Crippen molar-refractivity contribution in [3.05, 3.63) is 56.0 Å². The molecule has 2 rings (SSSR count). The van der Waals surface area contributed by atoms with Crippen molar-refractivity contribution in [3.63, 3.8) is 0 Å². The first-order chi connectivity index (χ1) is 5.00. The molecule has 2 aliphatic carbocycles. The van der Waals surface area contributed by atoms with Gasteiger partial charge in [-0.1, -0.05) is 0 Å². The van der Waals surface area contributed by atoms with Gasteiger partial charge in [-0.05, 0) is 0 Å². The van der Waals surface area contributed by atoms with Crippen LogP contribution in [0.4, 0.5) is 0 Å². The molecule has 0 unspecified atom stereocenters. The normalized spacial score (nSPS) is 13.5. The molecule has 0 atom stereocenters. The molecular weight excluding hydrogens is 346 g/mol. The molecule has 0 saturated carbocycles. The van der Waals surface area contributed by atoms with Crippen LogP contribution in [0.25, 0.3) is 0 Å². The van der Waals surface area contributed by atoms with E-state index in [0.717, 1.165) is 12.8 Å². The molecule has 0 spiro atoms. The van der Waals surface area contributed by atoms with E-state index in [9.17, 15) is 0 Å². The van der Waals surface area contributed by atoms with Crippen molar-refractivity contribution < 1.29 is 25.8 Å². The number of rotatable bonds is 0. The molecule has 0 fully saturated rings. The van der Waals surface area contributed by atoms with Crippen LogP contribution in [0.15, 0.2) is 36.5 Å². The Morgan fingerprint density at radius 3 is 1.31 bits per heavy atom. The second kappa shape index (κ2) is 14.6. The Morgan fingerprint density at radius 1 is 0.846 bits per heavy atom. The molecule has 2 heteroatoms. The largest absolute Gasteiger partial charge is 0.358 e. The van der Waals surface area contributed by atoms with Gasteiger partial charge in [0.05, 0.1) is 0 Å². The molecule has 72 valence electrons. The zero-order chi connectivity index (χ0) is 7.07. The molecule has 0 aromatic rings. The summed E-state index contributed by atoms with van der Waals surface area (Å²) < 4.78 is 0. The van der Waals surface area contributed by atoms with E-state index in [4.69, 9.17) is 0 Å². The Kier molecular flexibility index (Phi) is 21.2. The van der Waals surface area contributed by atoms with Gasteiger partial charge in [-0.15, -0.1) is 25.2 Å². The van der Waals surface area contributed by atoms with Crippen molar-refractivity contribution in [2.75, 3.05) is 0 Å². The van der Waals surface area contributed by atoms with Gasteiger partial charge in [0.15, 0.2) is 0 Å². The zero-order valence-corrected chi connectivity index (χ0v) is 12.2. The van der Waals surface area contributed by atoms with E-state index < -0.39 is 0 Å². The summed E-state index contributed by atoms with van der Waals surface area (Å²) in [4.78, 5) is 0. The number of halogens is 1. The summed E-state index contributed by atoms with van der Waals surface area (Å²) in [5, 5.41) is 0. The van der Waals surface area contributed by atoms with Crippen molar-refractivity contribution in [1.82, 2.24) is 0 Å². The Hall–Kier alpha value is 0.120. The molecule has 2 aliphatic rings. The van der Waals surface area contributed by atoms with Gasteiger partial charge in [-0.25, -0.2) is 24.3 Å². The Balaban J connectivity index is -0.000000125. The van der Waals surface area contributed by atoms with E-state index in [2.05, 4.69) is 24.3 Å². The predicted molar refractivity (Wildman–Crippen MR) is 56.8 cm³/mol. The summed E-state index contributed by atoms with van der Waals surface area (Å²) in [6.45, 7) is 0. The van der Waals surface area contributed by atoms with Crippen LogP contribution in [0.5, 0.6) is 0 Å². The van der Waals surface area contributed by atoms with Gasteiger partial charge in [0.1, 0.15) is 0 Å². The fourth-order valence-corrected chi connectivity index (χ4v) is 0.680. The Bertz CT molecular complexity index is 148. The first-order valence-electron chi connectivity index (χ1n) is 3.43. The molecule has 0 nitrogen and oxygen atoms in total. The van der Waals surface area contributed by atoms with Gasteiger partial charge in [-0.2, -0.15) is 12.2 Å². The summed E-state index contributed by atoms with van der Waals surface area (Å²) >= 11 is 0. The van der Waals surface area contributed by atoms with Crippen molar-refractivity contribution in [1.29, 1.82) is 0 Å². The standard InChI is InChI=1S/2C5H5.CH3.ClH.Hf/c2*1-2-4-5-3-1;;;/h2*1-3H,4H2;1H3;1H;/q3*-1;;. The predicted octanol–water partition coefficient (Wildman–Crippen LogP) is 3.48. The van der Waals surface area contributed by atoms with Gasteiger partial charge in [-0.3, -0.25) is 12.2 Å². The van der Waals surface area contributed by atoms with Crippen LogP contribution in [0, 0.1) is 19.6 Å². The third kappa shape index (κ3) is 12.1. The minimum atomic E-state index is 0. The summed E-state index contributed by atoms with van der Waals surface area (Å²) in [5.74, 6) is 0. The second-order valence-electron chi connectivity index (χ2n) is 2.01. The van der Waals surface area contributed by atoms with Gasteiger partial charge in [0.25, 0.3) is 0 Å². The van der Waals surface area contributed by atoms with E-state index in [1.807, 2.05) is 24.3 Å². The maximum absolute atomic E-state index is 2.99. The fourth-order valence-electron chi connectivity index (χ4n) is 0.680. The maximum atomic E-state index is 2.99. The average molecular weight is 360 g/mol. The maximum Gasteiger partial charge on any atom is 0 e. The van der Waals surface area contributed by atoms with E-state index in [1.54, 1.807) is 0 Å². The first kappa shape index (κ1) is 18.8. The van der Waals surface area contributed by atoms with Crippen molar-refractivity contribution in [2.24, 2.45) is 0 Å². The van der Waals surface area contributed by atoms with Crippen LogP contribution in [0.2, 0.25) is 0 Å². The number of hydrogen-bond acceptors (Lipinski definition) is 0. The van der Waals surface area contributed by atoms with E-state index >= 15 is 0 Å². The molecule has 0 amide bonds. The summed E-state index contributed by atoms with van der Waals surface area (Å²) in [6, 6.07) is 0. The molecular formula is C11H14ClHf-3. The second-order valence-corrected chi connectivity index (χ2v) is 2.01. The smallest absolute Gasteiger partial charge is 0 e. The molecule has 0 aromatic heterocycles. The summed E-state index contributed by atoms with van der Waals surface area (Å²) in [6.07, 6.45) is 20.0. The van der Waals surface area contributed by atoms with Crippen molar-refractivity contribution >= 4 is 12.4 Å². The fraction of sp³-hybridized carbons (Fsp3) is 0.182. The van der Waals surface area contributed by atoms with Crippen LogP contribution in [0.3, 0.4) is 0 Å². The van der Waals surface area contributed by atoms with Crippen molar-refractivity contribution in [2.45, 2.75) is 12.8 Å². The Labute approximate surface area is 107 Å². The van der Waals surface area contributed by atoms with Gasteiger partial charge in [0.2, 0.25) is 0 Å². The van der Waals surface area contributed by atoms with Gasteiger partial charge in [0, 0.05) is 25.8 Å². The summed E-state index contributed by atoms with van der Waals surface area (Å²) in [7, 11) is 0. The molecule has 0 radical (unpaired) electrons. The van der Waals surface area contributed by atoms with Crippen LogP contribution in [-0.2, 0) is 25.8 Å². The van der Waals surface area contributed by atoms with Gasteiger partial charge >= 0.3 is 0 Å². The molecule has 13 heavy (non-hydrogen) atoms. The first-order valence-corrected chi connectivity index (χ1v) is 3.43. The van der Waals surface area contributed by atoms with Crippen LogP contribution < -0.4 is 0 Å². The van der Waals surface area contributed by atoms with E-state index in [1.165, 1.54) is 0 Å². The number of allylic oxidation sites excluding steroid dienone is 8. The number of hydrogen-bond donors (Lipinski definition) is 0. The quantitative estimate of drug-likeness (QED) is 0.458. The zero-order valence-electron chi connectivity index (χ0n) is 7.79. The minimum absolute atomic E-state index is 0. The average Bonchev–Trinajstić information content (AvgIpc) is 2.67. The van der Waals surface area contributed by atoms with E-state index in [-0.39, 0.29) is 45.7 Å². The third-order valence-corrected chi connectivity index (χ3v) is 1.17. The molecule has 0 N–H and O–H groups in total. The van der Waals surface area contributed by atoms with Crippen LogP contribution in [-0.4, -0.2) is 0 Å². The third-order valence-electron chi connectivity index (χ3n) is 1.17. The van der Waals surface area contributed by atoms with Gasteiger partial charge < -0.3 is 7.43 Å². The molecule has 0 bridgehead atoms. The van der Waals surface area contributed by atoms with E-state index in [0.29, 0.717) is 0 Å². The SMILES string of the molecule is Cl.[C-]1=CC=CC1.[C-]1=CC=CC1.[CH3-].[Hf]. The topological polar surface area (TPSA) is 0 Å². The summed E-state index contributed by atoms with van der Waals surface area (Å²) in [5.41, 5.74) is 0. The van der Waals surface area contributed by atoms with Crippen LogP contribution >= 0.6 is 12.4 Å².